The second-order valence-corrected chi connectivity index (χ2v) is 11.8. The summed E-state index contributed by atoms with van der Waals surface area (Å²) in [6, 6.07) is 15.1. The van der Waals surface area contributed by atoms with Crippen LogP contribution in [0.25, 0.3) is 0 Å². The number of carboxylic acid groups (broad SMARTS) is 2. The van der Waals surface area contributed by atoms with E-state index in [9.17, 15) is 34.5 Å². The molecule has 0 fully saturated rings. The molecule has 3 N–H and O–H groups in total. The molecule has 9 heteroatoms. The highest BCUT2D eigenvalue weighted by Gasteiger charge is 2.47. The monoisotopic (exact) mass is 569 g/mol. The van der Waals surface area contributed by atoms with Crippen molar-refractivity contribution >= 4 is 40.6 Å². The third kappa shape index (κ3) is 4.55. The number of para-hydroxylation sites is 2. The van der Waals surface area contributed by atoms with Crippen molar-refractivity contribution in [2.75, 3.05) is 18.0 Å². The van der Waals surface area contributed by atoms with Gasteiger partial charge in [-0.25, -0.2) is 0 Å². The number of ketones is 2. The summed E-state index contributed by atoms with van der Waals surface area (Å²) in [4.78, 5) is 51.4. The number of aliphatic hydroxyl groups excluding tert-OH is 1. The number of anilines is 1. The predicted molar refractivity (Wildman–Crippen MR) is 156 cm³/mol. The quantitative estimate of drug-likeness (QED) is 0.239. The number of carbonyl (C=O) groups is 4. The standard InChI is InChI=1S/C33H32N2O7/c1-32(2)21-9-5-7-11-23(21)34(15-13-27(36)37)25(32)17-19-29(40)20(31(42)30(19)41)18-26-33(3,4)22-10-6-8-12-24(22)35(26)16-14-28(38)39/h5-12,17-18H,13-16H2,1-4H3,(H2-,36,37,38,39,40,41,42)/p+1. The van der Waals surface area contributed by atoms with E-state index in [-0.39, 0.29) is 37.1 Å². The molecule has 0 saturated heterocycles. The molecule has 0 aromatic heterocycles. The van der Waals surface area contributed by atoms with Crippen LogP contribution in [-0.4, -0.2) is 62.2 Å². The Balaban J connectivity index is 1.65. The molecule has 5 rings (SSSR count). The number of carboxylic acids is 2. The van der Waals surface area contributed by atoms with Gasteiger partial charge in [0.1, 0.15) is 12.2 Å². The number of carbonyl (C=O) groups excluding carboxylic acids is 2. The molecular formula is C33H33N2O7+. The molecule has 0 amide bonds. The number of aliphatic carboxylic acids is 2. The highest BCUT2D eigenvalue weighted by atomic mass is 16.4. The maximum Gasteiger partial charge on any atom is 0.309 e. The molecule has 3 aliphatic rings. The summed E-state index contributed by atoms with van der Waals surface area (Å²) in [5.41, 5.74) is 3.06. The van der Waals surface area contributed by atoms with Crippen LogP contribution >= 0.6 is 0 Å². The zero-order chi connectivity index (χ0) is 30.6. The highest BCUT2D eigenvalue weighted by Crippen LogP contribution is 2.48. The molecule has 0 radical (unpaired) electrons. The van der Waals surface area contributed by atoms with Gasteiger partial charge >= 0.3 is 11.9 Å². The van der Waals surface area contributed by atoms with Crippen molar-refractivity contribution in [2.24, 2.45) is 0 Å². The van der Waals surface area contributed by atoms with E-state index in [1.807, 2.05) is 85.7 Å². The summed E-state index contributed by atoms with van der Waals surface area (Å²) >= 11 is 0. The average Bonchev–Trinajstić information content (AvgIpc) is 3.38. The molecule has 0 unspecified atom stereocenters. The largest absolute Gasteiger partial charge is 0.506 e. The van der Waals surface area contributed by atoms with Gasteiger partial charge in [0.25, 0.3) is 0 Å². The molecule has 9 nitrogen and oxygen atoms in total. The fourth-order valence-corrected chi connectivity index (χ4v) is 6.24. The molecule has 216 valence electrons. The van der Waals surface area contributed by atoms with Crippen molar-refractivity contribution in [3.05, 3.63) is 94.4 Å². The molecule has 2 aromatic rings. The topological polar surface area (TPSA) is 135 Å². The van der Waals surface area contributed by atoms with Crippen LogP contribution in [0.2, 0.25) is 0 Å². The van der Waals surface area contributed by atoms with Crippen molar-refractivity contribution in [3.8, 4) is 0 Å². The fourth-order valence-electron chi connectivity index (χ4n) is 6.24. The van der Waals surface area contributed by atoms with Crippen LogP contribution in [-0.2, 0) is 30.0 Å². The summed E-state index contributed by atoms with van der Waals surface area (Å²) in [6.07, 6.45) is 2.70. The van der Waals surface area contributed by atoms with Crippen LogP contribution in [0.3, 0.4) is 0 Å². The minimum atomic E-state index is -0.972. The van der Waals surface area contributed by atoms with Gasteiger partial charge < -0.3 is 20.2 Å². The Bertz CT molecular complexity index is 1690. The summed E-state index contributed by atoms with van der Waals surface area (Å²) in [6.45, 7) is 8.07. The van der Waals surface area contributed by atoms with E-state index in [1.165, 1.54) is 12.2 Å². The van der Waals surface area contributed by atoms with E-state index in [0.717, 1.165) is 22.5 Å². The lowest BCUT2D eigenvalue weighted by Gasteiger charge is -2.27. The Hall–Kier alpha value is -4.79. The Morgan fingerprint density at radius 2 is 1.45 bits per heavy atom. The minimum absolute atomic E-state index is 0.142. The predicted octanol–water partition coefficient (Wildman–Crippen LogP) is 4.58. The van der Waals surface area contributed by atoms with Gasteiger partial charge in [-0.2, -0.15) is 4.58 Å². The van der Waals surface area contributed by atoms with Crippen LogP contribution in [0.15, 0.2) is 83.3 Å². The molecular weight excluding hydrogens is 536 g/mol. The molecule has 0 saturated carbocycles. The maximum absolute atomic E-state index is 13.4. The molecule has 0 spiro atoms. The van der Waals surface area contributed by atoms with E-state index in [2.05, 4.69) is 0 Å². The maximum atomic E-state index is 13.4. The molecule has 2 heterocycles. The number of Topliss-reactive ketones (excluding diaryl/α,β-unsaturated/α-hetero) is 2. The fraction of sp³-hybridized carbons (Fsp3) is 0.303. The molecule has 2 aliphatic heterocycles. The zero-order valence-electron chi connectivity index (χ0n) is 24.0. The van der Waals surface area contributed by atoms with Crippen molar-refractivity contribution in [2.45, 2.75) is 51.4 Å². The van der Waals surface area contributed by atoms with Crippen LogP contribution < -0.4 is 4.90 Å². The first-order chi connectivity index (χ1) is 19.8. The first kappa shape index (κ1) is 28.7. The lowest BCUT2D eigenvalue weighted by Crippen LogP contribution is -2.29. The number of rotatable bonds is 8. The molecule has 0 bridgehead atoms. The third-order valence-corrected chi connectivity index (χ3v) is 8.47. The van der Waals surface area contributed by atoms with Crippen LogP contribution in [0, 0.1) is 0 Å². The van der Waals surface area contributed by atoms with E-state index in [4.69, 9.17) is 0 Å². The second-order valence-electron chi connectivity index (χ2n) is 11.8. The van der Waals surface area contributed by atoms with Gasteiger partial charge in [-0.15, -0.1) is 0 Å². The third-order valence-electron chi connectivity index (χ3n) is 8.47. The summed E-state index contributed by atoms with van der Waals surface area (Å²) in [7, 11) is 0. The Morgan fingerprint density at radius 1 is 0.833 bits per heavy atom. The Morgan fingerprint density at radius 3 is 2.12 bits per heavy atom. The van der Waals surface area contributed by atoms with E-state index in [1.54, 1.807) is 0 Å². The van der Waals surface area contributed by atoms with E-state index in [0.29, 0.717) is 11.4 Å². The summed E-state index contributed by atoms with van der Waals surface area (Å²) < 4.78 is 1.82. The number of fused-ring (bicyclic) bond motifs is 2. The van der Waals surface area contributed by atoms with Gasteiger partial charge in [0, 0.05) is 41.1 Å². The zero-order valence-corrected chi connectivity index (χ0v) is 24.0. The van der Waals surface area contributed by atoms with Gasteiger partial charge in [0.15, 0.2) is 12.3 Å². The summed E-state index contributed by atoms with van der Waals surface area (Å²) in [5, 5.41) is 30.1. The van der Waals surface area contributed by atoms with E-state index < -0.39 is 40.1 Å². The van der Waals surface area contributed by atoms with Crippen LogP contribution in [0.1, 0.15) is 51.7 Å². The number of nitrogens with zero attached hydrogens (tertiary/aromatic N) is 2. The average molecular weight is 570 g/mol. The van der Waals surface area contributed by atoms with Crippen LogP contribution in [0.4, 0.5) is 11.4 Å². The Kier molecular flexibility index (Phi) is 7.00. The lowest BCUT2D eigenvalue weighted by atomic mass is 9.81. The number of allylic oxidation sites excluding steroid dienone is 5. The van der Waals surface area contributed by atoms with Gasteiger partial charge in [0.2, 0.25) is 17.3 Å². The number of aliphatic hydroxyl groups is 1. The van der Waals surface area contributed by atoms with Crippen molar-refractivity contribution in [3.63, 3.8) is 0 Å². The van der Waals surface area contributed by atoms with Gasteiger partial charge in [0.05, 0.1) is 23.0 Å². The van der Waals surface area contributed by atoms with Crippen molar-refractivity contribution < 1.29 is 39.1 Å². The van der Waals surface area contributed by atoms with Gasteiger partial charge in [-0.1, -0.05) is 50.2 Å². The first-order valence-corrected chi connectivity index (χ1v) is 13.8. The molecule has 1 aliphatic carbocycles. The minimum Gasteiger partial charge on any atom is -0.506 e. The highest BCUT2D eigenvalue weighted by molar-refractivity contribution is 6.54. The van der Waals surface area contributed by atoms with Crippen molar-refractivity contribution in [1.29, 1.82) is 0 Å². The normalized spacial score (nSPS) is 20.6. The number of hydrogen-bond acceptors (Lipinski definition) is 6. The van der Waals surface area contributed by atoms with Crippen molar-refractivity contribution in [1.82, 2.24) is 0 Å². The molecule has 42 heavy (non-hydrogen) atoms. The number of hydrogen-bond donors (Lipinski definition) is 3. The first-order valence-electron chi connectivity index (χ1n) is 13.8. The number of benzene rings is 2. The van der Waals surface area contributed by atoms with Crippen LogP contribution in [0.5, 0.6) is 0 Å². The smallest absolute Gasteiger partial charge is 0.309 e. The SMILES string of the molecule is CC1(C)C(/C=C2\C(=O)C(=O)C(/C=C3/N(CCC(=O)O)c4ccccc4C3(C)C)=C2O)=[N+](CCC(=O)O)c2ccccc21. The Labute approximate surface area is 243 Å². The molecule has 0 atom stereocenters. The van der Waals surface area contributed by atoms with E-state index >= 15 is 0 Å². The summed E-state index contributed by atoms with van der Waals surface area (Å²) in [5.74, 6) is -4.12. The molecule has 2 aromatic carbocycles. The van der Waals surface area contributed by atoms with Gasteiger partial charge in [-0.05, 0) is 31.6 Å². The second kappa shape index (κ2) is 10.2. The van der Waals surface area contributed by atoms with Gasteiger partial charge in [-0.3, -0.25) is 19.2 Å². The lowest BCUT2D eigenvalue weighted by molar-refractivity contribution is -0.436.